The van der Waals surface area contributed by atoms with E-state index in [1.54, 1.807) is 6.92 Å². The van der Waals surface area contributed by atoms with Crippen LogP contribution in [0.2, 0.25) is 5.02 Å². The molecule has 0 aliphatic heterocycles. The number of hydrogen-bond donors (Lipinski definition) is 1. The van der Waals surface area contributed by atoms with E-state index in [1.807, 2.05) is 25.1 Å². The van der Waals surface area contributed by atoms with Gasteiger partial charge in [0.1, 0.15) is 5.69 Å². The highest BCUT2D eigenvalue weighted by molar-refractivity contribution is 9.10. The molecule has 1 amide bonds. The molecule has 5 nitrogen and oxygen atoms in total. The standard InChI is InChI=1S/C15H15BrClN3O2/c1-3-20-13(12(17)7-11(16)15(20)22)14(21)18-8-10-6-4-5-9(2)19-10/h4-7H,3,8H2,1-2H3,(H,18,21). The Balaban J connectivity index is 2.27. The molecular formula is C15H15BrClN3O2. The van der Waals surface area contributed by atoms with Crippen LogP contribution < -0.4 is 10.9 Å². The van der Waals surface area contributed by atoms with E-state index in [0.29, 0.717) is 11.0 Å². The summed E-state index contributed by atoms with van der Waals surface area (Å²) in [4.78, 5) is 28.7. The summed E-state index contributed by atoms with van der Waals surface area (Å²) in [6, 6.07) is 7.02. The molecule has 0 radical (unpaired) electrons. The van der Waals surface area contributed by atoms with E-state index >= 15 is 0 Å². The van der Waals surface area contributed by atoms with Crippen LogP contribution in [-0.2, 0) is 13.1 Å². The zero-order valence-electron chi connectivity index (χ0n) is 12.2. The van der Waals surface area contributed by atoms with Gasteiger partial charge >= 0.3 is 0 Å². The smallest absolute Gasteiger partial charge is 0.269 e. The maximum absolute atomic E-state index is 12.4. The maximum atomic E-state index is 12.4. The molecule has 0 saturated carbocycles. The van der Waals surface area contributed by atoms with Crippen LogP contribution in [0.3, 0.4) is 0 Å². The fourth-order valence-electron chi connectivity index (χ4n) is 2.09. The number of carbonyl (C=O) groups excluding carboxylic acids is 1. The molecule has 0 atom stereocenters. The van der Waals surface area contributed by atoms with Gasteiger partial charge in [0, 0.05) is 12.2 Å². The van der Waals surface area contributed by atoms with Gasteiger partial charge in [-0.3, -0.25) is 14.6 Å². The third-order valence-electron chi connectivity index (χ3n) is 3.11. The maximum Gasteiger partial charge on any atom is 0.269 e. The summed E-state index contributed by atoms with van der Waals surface area (Å²) in [6.45, 7) is 4.28. The highest BCUT2D eigenvalue weighted by Gasteiger charge is 2.18. The van der Waals surface area contributed by atoms with Crippen molar-refractivity contribution in [3.05, 3.63) is 61.2 Å². The molecule has 1 N–H and O–H groups in total. The molecule has 0 saturated heterocycles. The van der Waals surface area contributed by atoms with Crippen LogP contribution in [0, 0.1) is 6.92 Å². The zero-order chi connectivity index (χ0) is 16.3. The number of nitrogens with one attached hydrogen (secondary N) is 1. The number of aromatic nitrogens is 2. The van der Waals surface area contributed by atoms with Crippen LogP contribution in [-0.4, -0.2) is 15.5 Å². The monoisotopic (exact) mass is 383 g/mol. The summed E-state index contributed by atoms with van der Waals surface area (Å²) in [5.74, 6) is -0.403. The summed E-state index contributed by atoms with van der Waals surface area (Å²) < 4.78 is 1.67. The van der Waals surface area contributed by atoms with Crippen LogP contribution in [0.5, 0.6) is 0 Å². The van der Waals surface area contributed by atoms with Crippen LogP contribution in [0.15, 0.2) is 33.5 Å². The molecule has 0 aromatic carbocycles. The molecule has 0 spiro atoms. The minimum Gasteiger partial charge on any atom is -0.345 e. The minimum absolute atomic E-state index is 0.157. The number of aryl methyl sites for hydroxylation is 1. The summed E-state index contributed by atoms with van der Waals surface area (Å²) >= 11 is 9.27. The van der Waals surface area contributed by atoms with Crippen molar-refractivity contribution in [3.8, 4) is 0 Å². The fourth-order valence-corrected chi connectivity index (χ4v) is 2.96. The van der Waals surface area contributed by atoms with Gasteiger partial charge in [0.25, 0.3) is 11.5 Å². The Labute approximate surface area is 141 Å². The predicted molar refractivity (Wildman–Crippen MR) is 89.2 cm³/mol. The van der Waals surface area contributed by atoms with Gasteiger partial charge < -0.3 is 9.88 Å². The molecule has 2 heterocycles. The SMILES string of the molecule is CCn1c(C(=O)NCc2cccc(C)n2)c(Cl)cc(Br)c1=O. The number of nitrogens with zero attached hydrogens (tertiary/aromatic N) is 2. The number of halogens is 2. The van der Waals surface area contributed by atoms with Crippen LogP contribution in [0.1, 0.15) is 28.8 Å². The van der Waals surface area contributed by atoms with E-state index in [2.05, 4.69) is 26.2 Å². The van der Waals surface area contributed by atoms with E-state index < -0.39 is 5.91 Å². The topological polar surface area (TPSA) is 64.0 Å². The summed E-state index contributed by atoms with van der Waals surface area (Å²) in [5, 5.41) is 2.97. The van der Waals surface area contributed by atoms with E-state index in [-0.39, 0.29) is 22.8 Å². The Bertz CT molecular complexity index is 774. The lowest BCUT2D eigenvalue weighted by molar-refractivity contribution is 0.0940. The normalized spacial score (nSPS) is 10.5. The van der Waals surface area contributed by atoms with Gasteiger partial charge in [-0.05, 0) is 48.0 Å². The number of hydrogen-bond acceptors (Lipinski definition) is 3. The molecular weight excluding hydrogens is 370 g/mol. The lowest BCUT2D eigenvalue weighted by Crippen LogP contribution is -2.32. The summed E-state index contributed by atoms with van der Waals surface area (Å²) in [6.07, 6.45) is 0. The summed E-state index contributed by atoms with van der Waals surface area (Å²) in [7, 11) is 0. The lowest BCUT2D eigenvalue weighted by atomic mass is 10.3. The van der Waals surface area contributed by atoms with Gasteiger partial charge in [0.15, 0.2) is 0 Å². The average Bonchev–Trinajstić information content (AvgIpc) is 2.48. The molecule has 0 unspecified atom stereocenters. The molecule has 0 aliphatic carbocycles. The van der Waals surface area contributed by atoms with Gasteiger partial charge in [-0.25, -0.2) is 0 Å². The second-order valence-electron chi connectivity index (χ2n) is 4.69. The van der Waals surface area contributed by atoms with Crippen molar-refractivity contribution in [2.75, 3.05) is 0 Å². The van der Waals surface area contributed by atoms with Crippen molar-refractivity contribution in [2.45, 2.75) is 26.9 Å². The summed E-state index contributed by atoms with van der Waals surface area (Å²) in [5.41, 5.74) is 1.49. The number of amides is 1. The molecule has 116 valence electrons. The predicted octanol–water partition coefficient (Wildman–Crippen LogP) is 2.92. The molecule has 2 rings (SSSR count). The first-order chi connectivity index (χ1) is 10.4. The number of rotatable bonds is 4. The van der Waals surface area contributed by atoms with Crippen LogP contribution in [0.4, 0.5) is 0 Å². The Morgan fingerprint density at radius 3 is 2.82 bits per heavy atom. The van der Waals surface area contributed by atoms with Crippen molar-refractivity contribution in [3.63, 3.8) is 0 Å². The van der Waals surface area contributed by atoms with Gasteiger partial charge in [-0.1, -0.05) is 17.7 Å². The molecule has 2 aromatic rings. The van der Waals surface area contributed by atoms with E-state index in [1.165, 1.54) is 10.6 Å². The molecule has 0 fully saturated rings. The molecule has 22 heavy (non-hydrogen) atoms. The molecule has 2 aromatic heterocycles. The van der Waals surface area contributed by atoms with Gasteiger partial charge in [0.05, 0.1) is 21.7 Å². The fraction of sp³-hybridized carbons (Fsp3) is 0.267. The van der Waals surface area contributed by atoms with Crippen molar-refractivity contribution in [1.82, 2.24) is 14.9 Å². The van der Waals surface area contributed by atoms with E-state index in [9.17, 15) is 9.59 Å². The molecule has 7 heteroatoms. The molecule has 0 aliphatic rings. The second kappa shape index (κ2) is 7.07. The van der Waals surface area contributed by atoms with Crippen molar-refractivity contribution >= 4 is 33.4 Å². The van der Waals surface area contributed by atoms with E-state index in [0.717, 1.165) is 11.4 Å². The quantitative estimate of drug-likeness (QED) is 0.881. The third-order valence-corrected chi connectivity index (χ3v) is 3.96. The first-order valence-corrected chi connectivity index (χ1v) is 7.90. The van der Waals surface area contributed by atoms with E-state index in [4.69, 9.17) is 11.6 Å². The highest BCUT2D eigenvalue weighted by atomic mass is 79.9. The Morgan fingerprint density at radius 1 is 1.45 bits per heavy atom. The van der Waals surface area contributed by atoms with Gasteiger partial charge in [-0.15, -0.1) is 0 Å². The van der Waals surface area contributed by atoms with Crippen molar-refractivity contribution in [1.29, 1.82) is 0 Å². The van der Waals surface area contributed by atoms with Gasteiger partial charge in [0.2, 0.25) is 0 Å². The highest BCUT2D eigenvalue weighted by Crippen LogP contribution is 2.18. The minimum atomic E-state index is -0.403. The Morgan fingerprint density at radius 2 is 2.18 bits per heavy atom. The third kappa shape index (κ3) is 3.56. The first kappa shape index (κ1) is 16.7. The van der Waals surface area contributed by atoms with Gasteiger partial charge in [-0.2, -0.15) is 0 Å². The Kier molecular flexibility index (Phi) is 5.37. The number of pyridine rings is 2. The average molecular weight is 385 g/mol. The molecule has 0 bridgehead atoms. The second-order valence-corrected chi connectivity index (χ2v) is 5.95. The zero-order valence-corrected chi connectivity index (χ0v) is 14.5. The first-order valence-electron chi connectivity index (χ1n) is 6.73. The van der Waals surface area contributed by atoms with Crippen LogP contribution in [0.25, 0.3) is 0 Å². The van der Waals surface area contributed by atoms with Crippen molar-refractivity contribution < 1.29 is 4.79 Å². The lowest BCUT2D eigenvalue weighted by Gasteiger charge is -2.13. The number of carbonyl (C=O) groups is 1. The largest absolute Gasteiger partial charge is 0.345 e. The van der Waals surface area contributed by atoms with Crippen molar-refractivity contribution in [2.24, 2.45) is 0 Å². The van der Waals surface area contributed by atoms with Crippen LogP contribution >= 0.6 is 27.5 Å². The Hall–Kier alpha value is -1.66.